The summed E-state index contributed by atoms with van der Waals surface area (Å²) in [4.78, 5) is 2.56. The third kappa shape index (κ3) is 2.99. The standard InChI is InChI=1S/C13H26N2O2/c1-4-12-8-15(11(2)7-14-12)9-13(16-3)5-6-17-10-13/h11-12,14H,4-10H2,1-3H3. The molecular weight excluding hydrogens is 216 g/mol. The Balaban J connectivity index is 1.95. The van der Waals surface area contributed by atoms with E-state index in [2.05, 4.69) is 24.1 Å². The molecule has 2 aliphatic rings. The Kier molecular flexibility index (Phi) is 4.42. The third-order valence-electron chi connectivity index (χ3n) is 4.26. The van der Waals surface area contributed by atoms with E-state index < -0.39 is 0 Å². The molecule has 2 rings (SSSR count). The molecule has 0 amide bonds. The van der Waals surface area contributed by atoms with Gasteiger partial charge in [0, 0.05) is 51.9 Å². The molecular formula is C13H26N2O2. The summed E-state index contributed by atoms with van der Waals surface area (Å²) in [7, 11) is 1.82. The van der Waals surface area contributed by atoms with Crippen LogP contribution in [0.2, 0.25) is 0 Å². The highest BCUT2D eigenvalue weighted by Crippen LogP contribution is 2.25. The van der Waals surface area contributed by atoms with Crippen molar-refractivity contribution in [1.82, 2.24) is 10.2 Å². The molecule has 1 N–H and O–H groups in total. The van der Waals surface area contributed by atoms with E-state index in [1.165, 1.54) is 6.42 Å². The van der Waals surface area contributed by atoms with E-state index in [-0.39, 0.29) is 5.60 Å². The maximum atomic E-state index is 5.73. The average molecular weight is 242 g/mol. The minimum Gasteiger partial charge on any atom is -0.378 e. The molecule has 0 radical (unpaired) electrons. The highest BCUT2D eigenvalue weighted by atomic mass is 16.5. The summed E-state index contributed by atoms with van der Waals surface area (Å²) in [6, 6.07) is 1.22. The summed E-state index contributed by atoms with van der Waals surface area (Å²) in [5, 5.41) is 3.59. The van der Waals surface area contributed by atoms with E-state index in [1.54, 1.807) is 0 Å². The van der Waals surface area contributed by atoms with Crippen molar-refractivity contribution in [3.63, 3.8) is 0 Å². The van der Waals surface area contributed by atoms with Crippen LogP contribution in [0.4, 0.5) is 0 Å². The molecule has 100 valence electrons. The second-order valence-corrected chi connectivity index (χ2v) is 5.48. The molecule has 0 aliphatic carbocycles. The van der Waals surface area contributed by atoms with Crippen molar-refractivity contribution >= 4 is 0 Å². The largest absolute Gasteiger partial charge is 0.378 e. The number of hydrogen-bond donors (Lipinski definition) is 1. The van der Waals surface area contributed by atoms with Crippen molar-refractivity contribution in [1.29, 1.82) is 0 Å². The summed E-state index contributed by atoms with van der Waals surface area (Å²) >= 11 is 0. The van der Waals surface area contributed by atoms with Gasteiger partial charge in [-0.15, -0.1) is 0 Å². The first-order valence-electron chi connectivity index (χ1n) is 6.79. The molecule has 2 fully saturated rings. The van der Waals surface area contributed by atoms with Gasteiger partial charge in [0.25, 0.3) is 0 Å². The molecule has 2 heterocycles. The molecule has 0 spiro atoms. The Morgan fingerprint density at radius 2 is 2.35 bits per heavy atom. The number of nitrogens with zero attached hydrogens (tertiary/aromatic N) is 1. The molecule has 17 heavy (non-hydrogen) atoms. The highest BCUT2D eigenvalue weighted by molar-refractivity contribution is 4.92. The zero-order valence-electron chi connectivity index (χ0n) is 11.4. The first kappa shape index (κ1) is 13.3. The van der Waals surface area contributed by atoms with Crippen molar-refractivity contribution in [3.8, 4) is 0 Å². The second-order valence-electron chi connectivity index (χ2n) is 5.48. The average Bonchev–Trinajstić information content (AvgIpc) is 2.81. The summed E-state index contributed by atoms with van der Waals surface area (Å²) in [5.41, 5.74) is -0.0656. The number of piperazine rings is 1. The van der Waals surface area contributed by atoms with Crippen LogP contribution >= 0.6 is 0 Å². The van der Waals surface area contributed by atoms with Crippen LogP contribution in [0.5, 0.6) is 0 Å². The maximum Gasteiger partial charge on any atom is 0.106 e. The lowest BCUT2D eigenvalue weighted by Crippen LogP contribution is -2.59. The van der Waals surface area contributed by atoms with Crippen LogP contribution in [0.15, 0.2) is 0 Å². The van der Waals surface area contributed by atoms with Gasteiger partial charge in [-0.1, -0.05) is 6.92 Å². The van der Waals surface area contributed by atoms with E-state index >= 15 is 0 Å². The lowest BCUT2D eigenvalue weighted by atomic mass is 9.99. The van der Waals surface area contributed by atoms with E-state index in [0.29, 0.717) is 12.1 Å². The van der Waals surface area contributed by atoms with Gasteiger partial charge in [-0.2, -0.15) is 0 Å². The predicted molar refractivity (Wildman–Crippen MR) is 68.3 cm³/mol. The van der Waals surface area contributed by atoms with Gasteiger partial charge in [0.15, 0.2) is 0 Å². The number of nitrogens with one attached hydrogen (secondary N) is 1. The number of ether oxygens (including phenoxy) is 2. The van der Waals surface area contributed by atoms with E-state index in [0.717, 1.165) is 39.3 Å². The predicted octanol–water partition coefficient (Wildman–Crippen LogP) is 0.864. The van der Waals surface area contributed by atoms with Crippen molar-refractivity contribution < 1.29 is 9.47 Å². The van der Waals surface area contributed by atoms with Crippen LogP contribution in [0.1, 0.15) is 26.7 Å². The van der Waals surface area contributed by atoms with E-state index in [4.69, 9.17) is 9.47 Å². The molecule has 3 unspecified atom stereocenters. The molecule has 4 heteroatoms. The summed E-state index contributed by atoms with van der Waals surface area (Å²) in [6.07, 6.45) is 2.22. The Morgan fingerprint density at radius 3 is 2.94 bits per heavy atom. The Bertz CT molecular complexity index is 242. The molecule has 0 aromatic heterocycles. The van der Waals surface area contributed by atoms with Crippen molar-refractivity contribution in [2.75, 3.05) is 40.0 Å². The fourth-order valence-corrected chi connectivity index (χ4v) is 2.80. The van der Waals surface area contributed by atoms with Crippen LogP contribution < -0.4 is 5.32 Å². The topological polar surface area (TPSA) is 33.7 Å². The summed E-state index contributed by atoms with van der Waals surface area (Å²) < 4.78 is 11.2. The number of methoxy groups -OCH3 is 1. The van der Waals surface area contributed by atoms with Gasteiger partial charge in [-0.3, -0.25) is 4.90 Å². The van der Waals surface area contributed by atoms with E-state index in [1.807, 2.05) is 7.11 Å². The van der Waals surface area contributed by atoms with Gasteiger partial charge in [0.05, 0.1) is 6.61 Å². The van der Waals surface area contributed by atoms with Crippen molar-refractivity contribution in [3.05, 3.63) is 0 Å². The molecule has 4 nitrogen and oxygen atoms in total. The highest BCUT2D eigenvalue weighted by Gasteiger charge is 2.39. The second kappa shape index (κ2) is 5.65. The van der Waals surface area contributed by atoms with Gasteiger partial charge in [-0.05, 0) is 13.3 Å². The molecule has 2 saturated heterocycles. The van der Waals surface area contributed by atoms with Crippen LogP contribution in [-0.2, 0) is 9.47 Å². The summed E-state index contributed by atoms with van der Waals surface area (Å²) in [5.74, 6) is 0. The van der Waals surface area contributed by atoms with Gasteiger partial charge < -0.3 is 14.8 Å². The molecule has 0 bridgehead atoms. The quantitative estimate of drug-likeness (QED) is 0.793. The lowest BCUT2D eigenvalue weighted by molar-refractivity contribution is -0.0534. The SMILES string of the molecule is CCC1CN(CC2(OC)CCOC2)C(C)CN1. The Morgan fingerprint density at radius 1 is 1.53 bits per heavy atom. The number of hydrogen-bond acceptors (Lipinski definition) is 4. The minimum atomic E-state index is -0.0656. The zero-order chi connectivity index (χ0) is 12.3. The normalized spacial score (nSPS) is 39.7. The molecule has 2 aliphatic heterocycles. The van der Waals surface area contributed by atoms with Crippen LogP contribution in [0.3, 0.4) is 0 Å². The van der Waals surface area contributed by atoms with Gasteiger partial charge in [-0.25, -0.2) is 0 Å². The van der Waals surface area contributed by atoms with Gasteiger partial charge in [0.2, 0.25) is 0 Å². The monoisotopic (exact) mass is 242 g/mol. The van der Waals surface area contributed by atoms with Crippen molar-refractivity contribution in [2.45, 2.75) is 44.4 Å². The van der Waals surface area contributed by atoms with Crippen LogP contribution in [0.25, 0.3) is 0 Å². The van der Waals surface area contributed by atoms with Gasteiger partial charge in [0.1, 0.15) is 5.60 Å². The first-order chi connectivity index (χ1) is 8.19. The van der Waals surface area contributed by atoms with E-state index in [9.17, 15) is 0 Å². The lowest BCUT2D eigenvalue weighted by Gasteiger charge is -2.42. The van der Waals surface area contributed by atoms with Crippen LogP contribution in [-0.4, -0.2) is 62.5 Å². The molecule has 0 aromatic carbocycles. The Hall–Kier alpha value is -0.160. The smallest absolute Gasteiger partial charge is 0.106 e. The Labute approximate surface area is 105 Å². The van der Waals surface area contributed by atoms with Crippen molar-refractivity contribution in [2.24, 2.45) is 0 Å². The molecule has 0 aromatic rings. The zero-order valence-corrected chi connectivity index (χ0v) is 11.4. The van der Waals surface area contributed by atoms with Crippen LogP contribution in [0, 0.1) is 0 Å². The third-order valence-corrected chi connectivity index (χ3v) is 4.26. The van der Waals surface area contributed by atoms with Gasteiger partial charge >= 0.3 is 0 Å². The first-order valence-corrected chi connectivity index (χ1v) is 6.79. The number of rotatable bonds is 4. The minimum absolute atomic E-state index is 0.0656. The molecule has 0 saturated carbocycles. The fraction of sp³-hybridized carbons (Fsp3) is 1.00. The maximum absolute atomic E-state index is 5.73. The fourth-order valence-electron chi connectivity index (χ4n) is 2.80. The summed E-state index contributed by atoms with van der Waals surface area (Å²) in [6.45, 7) is 9.34. The molecule has 3 atom stereocenters.